The minimum absolute atomic E-state index is 0.244. The predicted octanol–water partition coefficient (Wildman–Crippen LogP) is 4.25. The normalized spacial score (nSPS) is 11.9. The molecule has 1 rings (SSSR count). The number of rotatable bonds is 10. The number of hydrogen-bond donors (Lipinski definition) is 1. The fraction of sp³-hybridized carbons (Fsp3) is 0.588. The molecular weight excluding hydrogens is 266 g/mol. The van der Waals surface area contributed by atoms with Crippen LogP contribution in [0.5, 0.6) is 0 Å². The van der Waals surface area contributed by atoms with Gasteiger partial charge in [-0.15, -0.1) is 0 Å². The van der Waals surface area contributed by atoms with E-state index in [0.29, 0.717) is 0 Å². The molecule has 0 radical (unpaired) electrons. The topological polar surface area (TPSA) is 47.6 Å². The maximum Gasteiger partial charge on any atom is 0.510 e. The summed E-state index contributed by atoms with van der Waals surface area (Å²) < 4.78 is 10.5. The third-order valence-corrected chi connectivity index (χ3v) is 3.19. The van der Waals surface area contributed by atoms with Crippen LogP contribution in [0.3, 0.4) is 0 Å². The smallest absolute Gasteiger partial charge is 0.429 e. The van der Waals surface area contributed by atoms with Crippen LogP contribution in [-0.4, -0.2) is 18.9 Å². The van der Waals surface area contributed by atoms with Gasteiger partial charge in [0.25, 0.3) is 0 Å². The fourth-order valence-electron chi connectivity index (χ4n) is 2.05. The highest BCUT2D eigenvalue weighted by molar-refractivity contribution is 5.60. The molecule has 0 spiro atoms. The first kappa shape index (κ1) is 17.5. The van der Waals surface area contributed by atoms with Gasteiger partial charge in [-0.05, 0) is 24.9 Å². The largest absolute Gasteiger partial charge is 0.510 e. The molecule has 21 heavy (non-hydrogen) atoms. The second-order valence-electron chi connectivity index (χ2n) is 5.04. The molecule has 0 saturated heterocycles. The van der Waals surface area contributed by atoms with Gasteiger partial charge in [-0.3, -0.25) is 5.32 Å². The van der Waals surface area contributed by atoms with Crippen molar-refractivity contribution in [2.45, 2.75) is 58.8 Å². The molecule has 4 nitrogen and oxygen atoms in total. The standard InChI is InChI=1S/C17H27NO3/c1-3-5-6-10-13-16(18-4-2)21-17(19)20-14-15-11-8-7-9-12-15/h7-9,11-12,16,18H,3-6,10,13-14H2,1-2H3. The Labute approximate surface area is 127 Å². The van der Waals surface area contributed by atoms with Gasteiger partial charge in [0.2, 0.25) is 0 Å². The van der Waals surface area contributed by atoms with Crippen LogP contribution in [0.4, 0.5) is 4.79 Å². The molecule has 0 amide bonds. The molecule has 1 aromatic rings. The van der Waals surface area contributed by atoms with Crippen LogP contribution in [0, 0.1) is 0 Å². The lowest BCUT2D eigenvalue weighted by Crippen LogP contribution is -2.33. The van der Waals surface area contributed by atoms with Crippen LogP contribution in [0.2, 0.25) is 0 Å². The summed E-state index contributed by atoms with van der Waals surface area (Å²) >= 11 is 0. The van der Waals surface area contributed by atoms with Crippen molar-refractivity contribution < 1.29 is 14.3 Å². The van der Waals surface area contributed by atoms with Crippen molar-refractivity contribution >= 4 is 6.16 Å². The molecule has 1 atom stereocenters. The molecule has 0 saturated carbocycles. The zero-order valence-corrected chi connectivity index (χ0v) is 13.1. The Kier molecular flexibility index (Phi) is 9.29. The number of hydrogen-bond acceptors (Lipinski definition) is 4. The van der Waals surface area contributed by atoms with Gasteiger partial charge in [0, 0.05) is 0 Å². The third kappa shape index (κ3) is 8.35. The molecule has 0 aliphatic carbocycles. The van der Waals surface area contributed by atoms with E-state index in [-0.39, 0.29) is 12.8 Å². The molecule has 0 bridgehead atoms. The summed E-state index contributed by atoms with van der Waals surface area (Å²) in [6.07, 6.45) is 4.60. The lowest BCUT2D eigenvalue weighted by molar-refractivity contribution is 0.00450. The number of benzene rings is 1. The van der Waals surface area contributed by atoms with Gasteiger partial charge >= 0.3 is 6.16 Å². The number of nitrogens with one attached hydrogen (secondary N) is 1. The lowest BCUT2D eigenvalue weighted by atomic mass is 10.1. The van der Waals surface area contributed by atoms with E-state index in [1.165, 1.54) is 19.3 Å². The number of ether oxygens (including phenoxy) is 2. The third-order valence-electron chi connectivity index (χ3n) is 3.19. The van der Waals surface area contributed by atoms with E-state index >= 15 is 0 Å². The Bertz CT molecular complexity index is 381. The van der Waals surface area contributed by atoms with Crippen LogP contribution in [0.15, 0.2) is 30.3 Å². The Morgan fingerprint density at radius 3 is 2.57 bits per heavy atom. The molecule has 0 heterocycles. The van der Waals surface area contributed by atoms with Crippen LogP contribution in [0.25, 0.3) is 0 Å². The highest BCUT2D eigenvalue weighted by Crippen LogP contribution is 2.08. The average Bonchev–Trinajstić information content (AvgIpc) is 2.51. The van der Waals surface area contributed by atoms with Crippen molar-refractivity contribution in [3.8, 4) is 0 Å². The van der Waals surface area contributed by atoms with E-state index in [9.17, 15) is 4.79 Å². The van der Waals surface area contributed by atoms with Gasteiger partial charge < -0.3 is 9.47 Å². The van der Waals surface area contributed by atoms with Crippen LogP contribution in [-0.2, 0) is 16.1 Å². The van der Waals surface area contributed by atoms with E-state index in [1.54, 1.807) is 0 Å². The summed E-state index contributed by atoms with van der Waals surface area (Å²) in [5.74, 6) is 0. The zero-order chi connectivity index (χ0) is 15.3. The van der Waals surface area contributed by atoms with E-state index in [4.69, 9.17) is 9.47 Å². The molecule has 1 aromatic carbocycles. The zero-order valence-electron chi connectivity index (χ0n) is 13.1. The maximum absolute atomic E-state index is 11.7. The fourth-order valence-corrected chi connectivity index (χ4v) is 2.05. The van der Waals surface area contributed by atoms with E-state index in [2.05, 4.69) is 12.2 Å². The van der Waals surface area contributed by atoms with Crippen molar-refractivity contribution in [3.63, 3.8) is 0 Å². The molecule has 0 fully saturated rings. The van der Waals surface area contributed by atoms with Crippen LogP contribution in [0.1, 0.15) is 51.5 Å². The Hall–Kier alpha value is -1.55. The van der Waals surface area contributed by atoms with Crippen LogP contribution >= 0.6 is 0 Å². The molecule has 1 unspecified atom stereocenters. The monoisotopic (exact) mass is 293 g/mol. The SMILES string of the molecule is CCCCCCC(NCC)OC(=O)OCc1ccccc1. The van der Waals surface area contributed by atoms with E-state index < -0.39 is 6.16 Å². The minimum Gasteiger partial charge on any atom is -0.429 e. The summed E-state index contributed by atoms with van der Waals surface area (Å²) in [7, 11) is 0. The van der Waals surface area contributed by atoms with Crippen molar-refractivity contribution in [2.75, 3.05) is 6.54 Å². The van der Waals surface area contributed by atoms with Gasteiger partial charge in [-0.1, -0.05) is 63.4 Å². The highest BCUT2D eigenvalue weighted by Gasteiger charge is 2.14. The number of carbonyl (C=O) groups excluding carboxylic acids is 1. The molecule has 0 aromatic heterocycles. The first-order valence-corrected chi connectivity index (χ1v) is 7.87. The van der Waals surface area contributed by atoms with Gasteiger partial charge in [0.05, 0.1) is 0 Å². The summed E-state index contributed by atoms with van der Waals surface area (Å²) in [4.78, 5) is 11.7. The average molecular weight is 293 g/mol. The highest BCUT2D eigenvalue weighted by atomic mass is 16.7. The second-order valence-corrected chi connectivity index (χ2v) is 5.04. The second kappa shape index (κ2) is 11.1. The summed E-state index contributed by atoms with van der Waals surface area (Å²) in [5.41, 5.74) is 0.956. The van der Waals surface area contributed by atoms with Crippen LogP contribution < -0.4 is 5.32 Å². The van der Waals surface area contributed by atoms with Gasteiger partial charge in [0.15, 0.2) is 6.23 Å². The van der Waals surface area contributed by atoms with Gasteiger partial charge in [-0.25, -0.2) is 4.79 Å². The number of carbonyl (C=O) groups is 1. The molecular formula is C17H27NO3. The first-order valence-electron chi connectivity index (χ1n) is 7.87. The summed E-state index contributed by atoms with van der Waals surface area (Å²) in [5, 5.41) is 3.17. The Morgan fingerprint density at radius 2 is 1.90 bits per heavy atom. The van der Waals surface area contributed by atoms with Gasteiger partial charge in [-0.2, -0.15) is 0 Å². The van der Waals surface area contributed by atoms with Gasteiger partial charge in [0.1, 0.15) is 6.61 Å². The predicted molar refractivity (Wildman–Crippen MR) is 83.9 cm³/mol. The molecule has 0 aliphatic rings. The van der Waals surface area contributed by atoms with E-state index in [0.717, 1.165) is 24.9 Å². The molecule has 4 heteroatoms. The van der Waals surface area contributed by atoms with Crippen molar-refractivity contribution in [1.29, 1.82) is 0 Å². The maximum atomic E-state index is 11.7. The Morgan fingerprint density at radius 1 is 1.14 bits per heavy atom. The summed E-state index contributed by atoms with van der Waals surface area (Å²) in [6.45, 7) is 5.19. The minimum atomic E-state index is -0.611. The quantitative estimate of drug-likeness (QED) is 0.398. The first-order chi connectivity index (χ1) is 10.3. The molecule has 0 aliphatic heterocycles. The van der Waals surface area contributed by atoms with Crippen molar-refractivity contribution in [2.24, 2.45) is 0 Å². The van der Waals surface area contributed by atoms with Crippen molar-refractivity contribution in [3.05, 3.63) is 35.9 Å². The molecule has 1 N–H and O–H groups in total. The molecule has 118 valence electrons. The Balaban J connectivity index is 2.27. The number of unbranched alkanes of at least 4 members (excludes halogenated alkanes) is 3. The lowest BCUT2D eigenvalue weighted by Gasteiger charge is -2.18. The summed E-state index contributed by atoms with van der Waals surface area (Å²) in [6, 6.07) is 9.59. The van der Waals surface area contributed by atoms with Crippen molar-refractivity contribution in [1.82, 2.24) is 5.32 Å². The van der Waals surface area contributed by atoms with E-state index in [1.807, 2.05) is 37.3 Å².